The zero-order valence-corrected chi connectivity index (χ0v) is 23.1. The van der Waals surface area contributed by atoms with Gasteiger partial charge in [-0.1, -0.05) is 24.3 Å². The minimum Gasteiger partial charge on any atom is -0.495 e. The molecule has 2 heterocycles. The van der Waals surface area contributed by atoms with Gasteiger partial charge in [0.1, 0.15) is 11.6 Å². The molecular weight excluding hydrogens is 539 g/mol. The molecule has 0 atom stereocenters. The summed E-state index contributed by atoms with van der Waals surface area (Å²) in [5, 5.41) is 13.3. The second kappa shape index (κ2) is 12.9. The van der Waals surface area contributed by atoms with Crippen molar-refractivity contribution in [3.8, 4) is 16.9 Å². The van der Waals surface area contributed by atoms with Crippen LogP contribution in [-0.2, 0) is 11.3 Å². The van der Waals surface area contributed by atoms with E-state index in [0.717, 1.165) is 16.7 Å². The summed E-state index contributed by atoms with van der Waals surface area (Å²) in [6.07, 6.45) is 1.85. The monoisotopic (exact) mass is 568 g/mol. The van der Waals surface area contributed by atoms with E-state index in [4.69, 9.17) is 9.47 Å². The van der Waals surface area contributed by atoms with Crippen molar-refractivity contribution >= 4 is 29.1 Å². The fourth-order valence-electron chi connectivity index (χ4n) is 4.23. The zero-order valence-electron chi connectivity index (χ0n) is 23.1. The summed E-state index contributed by atoms with van der Waals surface area (Å²) in [5.74, 6) is 0.0631. The number of pyridine rings is 1. The fraction of sp³-hybridized carbons (Fsp3) is 0.161. The quantitative estimate of drug-likeness (QED) is 0.199. The van der Waals surface area contributed by atoms with Crippen LogP contribution in [-0.4, -0.2) is 53.8 Å². The molecular formula is C31H29FN6O4. The molecule has 0 saturated carbocycles. The Kier molecular flexibility index (Phi) is 8.69. The van der Waals surface area contributed by atoms with Gasteiger partial charge in [0.2, 0.25) is 5.95 Å². The highest BCUT2D eigenvalue weighted by molar-refractivity contribution is 5.95. The van der Waals surface area contributed by atoms with Crippen LogP contribution in [0.15, 0.2) is 85.1 Å². The van der Waals surface area contributed by atoms with Gasteiger partial charge in [0.25, 0.3) is 11.8 Å². The number of hydrogen-bond acceptors (Lipinski definition) is 7. The van der Waals surface area contributed by atoms with Gasteiger partial charge in [0.15, 0.2) is 5.65 Å². The summed E-state index contributed by atoms with van der Waals surface area (Å²) in [6, 6.07) is 22.1. The Labute approximate surface area is 241 Å². The molecule has 0 aliphatic carbocycles. The van der Waals surface area contributed by atoms with Crippen LogP contribution in [0.4, 0.5) is 16.0 Å². The topological polar surface area (TPSA) is 119 Å². The Bertz CT molecular complexity index is 1700. The third kappa shape index (κ3) is 6.70. The molecule has 0 bridgehead atoms. The highest BCUT2D eigenvalue weighted by atomic mass is 19.1. The van der Waals surface area contributed by atoms with Crippen molar-refractivity contribution in [2.24, 2.45) is 0 Å². The lowest BCUT2D eigenvalue weighted by atomic mass is 10.1. The number of ether oxygens (including phenoxy) is 2. The largest absolute Gasteiger partial charge is 0.495 e. The average molecular weight is 569 g/mol. The minimum atomic E-state index is -0.316. The number of amides is 2. The van der Waals surface area contributed by atoms with Crippen LogP contribution in [0.2, 0.25) is 0 Å². The van der Waals surface area contributed by atoms with Crippen molar-refractivity contribution in [3.63, 3.8) is 0 Å². The Morgan fingerprint density at radius 3 is 2.31 bits per heavy atom. The first-order valence-corrected chi connectivity index (χ1v) is 13.1. The van der Waals surface area contributed by atoms with E-state index in [2.05, 4.69) is 26.0 Å². The van der Waals surface area contributed by atoms with Gasteiger partial charge in [-0.25, -0.2) is 8.91 Å². The maximum Gasteiger partial charge on any atom is 0.251 e. The van der Waals surface area contributed by atoms with Crippen molar-refractivity contribution in [2.75, 3.05) is 32.7 Å². The van der Waals surface area contributed by atoms with Gasteiger partial charge >= 0.3 is 0 Å². The summed E-state index contributed by atoms with van der Waals surface area (Å²) in [6.45, 7) is 1.13. The highest BCUT2D eigenvalue weighted by Gasteiger charge is 2.13. The average Bonchev–Trinajstić information content (AvgIpc) is 3.42. The number of carbonyl (C=O) groups excluding carboxylic acids is 2. The van der Waals surface area contributed by atoms with E-state index in [9.17, 15) is 14.0 Å². The lowest BCUT2D eigenvalue weighted by Crippen LogP contribution is -2.26. The predicted molar refractivity (Wildman–Crippen MR) is 156 cm³/mol. The molecule has 0 aliphatic heterocycles. The van der Waals surface area contributed by atoms with Crippen molar-refractivity contribution in [1.29, 1.82) is 0 Å². The van der Waals surface area contributed by atoms with Gasteiger partial charge in [-0.15, -0.1) is 5.10 Å². The number of benzene rings is 3. The summed E-state index contributed by atoms with van der Waals surface area (Å²) in [5.41, 5.74) is 4.81. The number of nitrogens with one attached hydrogen (secondary N) is 3. The van der Waals surface area contributed by atoms with E-state index in [0.29, 0.717) is 53.9 Å². The number of carbonyl (C=O) groups is 2. The summed E-state index contributed by atoms with van der Waals surface area (Å²) >= 11 is 0. The van der Waals surface area contributed by atoms with Gasteiger partial charge in [-0.3, -0.25) is 9.59 Å². The second-order valence-corrected chi connectivity index (χ2v) is 9.33. The number of methoxy groups -OCH3 is 2. The van der Waals surface area contributed by atoms with E-state index < -0.39 is 0 Å². The number of anilines is 2. The highest BCUT2D eigenvalue weighted by Crippen LogP contribution is 2.28. The van der Waals surface area contributed by atoms with Crippen molar-refractivity contribution in [3.05, 3.63) is 108 Å². The molecule has 0 saturated heterocycles. The van der Waals surface area contributed by atoms with E-state index in [1.54, 1.807) is 54.1 Å². The van der Waals surface area contributed by atoms with Crippen LogP contribution in [0.3, 0.4) is 0 Å². The molecule has 42 heavy (non-hydrogen) atoms. The molecule has 2 aromatic heterocycles. The summed E-state index contributed by atoms with van der Waals surface area (Å²) < 4.78 is 25.2. The van der Waals surface area contributed by atoms with Gasteiger partial charge in [-0.2, -0.15) is 4.98 Å². The van der Waals surface area contributed by atoms with Crippen molar-refractivity contribution < 1.29 is 23.5 Å². The van der Waals surface area contributed by atoms with Gasteiger partial charge in [0, 0.05) is 43.1 Å². The molecule has 5 aromatic rings. The Hall–Kier alpha value is -5.29. The number of hydrogen-bond donors (Lipinski definition) is 3. The molecule has 5 rings (SSSR count). The number of rotatable bonds is 11. The van der Waals surface area contributed by atoms with Crippen molar-refractivity contribution in [1.82, 2.24) is 25.2 Å². The first-order chi connectivity index (χ1) is 20.4. The first kappa shape index (κ1) is 28.2. The number of fused-ring (bicyclic) bond motifs is 1. The van der Waals surface area contributed by atoms with Crippen LogP contribution in [0.1, 0.15) is 26.3 Å². The van der Waals surface area contributed by atoms with Gasteiger partial charge < -0.3 is 25.4 Å². The van der Waals surface area contributed by atoms with Crippen LogP contribution in [0.25, 0.3) is 16.8 Å². The standard InChI is InChI=1S/C31H29FN6O4/c1-41-16-15-33-30(40)23-9-13-26(27(17-23)42-2)35-31-36-28-14-10-24(19-38(28)37-31)21-5-7-22(8-6-21)29(39)34-18-20-3-11-25(32)12-4-20/h3-14,17,19H,15-16,18H2,1-2H3,(H,33,40)(H,34,39)(H,35,37). The van der Waals surface area contributed by atoms with E-state index in [1.807, 2.05) is 30.5 Å². The first-order valence-electron chi connectivity index (χ1n) is 13.1. The van der Waals surface area contributed by atoms with Gasteiger partial charge in [-0.05, 0) is 65.7 Å². The van der Waals surface area contributed by atoms with Gasteiger partial charge in [0.05, 0.1) is 19.4 Å². The zero-order chi connectivity index (χ0) is 29.5. The van der Waals surface area contributed by atoms with E-state index in [-0.39, 0.29) is 17.6 Å². The van der Waals surface area contributed by atoms with Crippen LogP contribution in [0, 0.1) is 5.82 Å². The lowest BCUT2D eigenvalue weighted by Gasteiger charge is -2.11. The maximum absolute atomic E-state index is 13.1. The molecule has 11 heteroatoms. The Morgan fingerprint density at radius 2 is 1.57 bits per heavy atom. The lowest BCUT2D eigenvalue weighted by molar-refractivity contribution is 0.0933. The summed E-state index contributed by atoms with van der Waals surface area (Å²) in [4.78, 5) is 29.5. The van der Waals surface area contributed by atoms with E-state index >= 15 is 0 Å². The molecule has 0 spiro atoms. The normalized spacial score (nSPS) is 10.8. The predicted octanol–water partition coefficient (Wildman–Crippen LogP) is 4.59. The van der Waals surface area contributed by atoms with Crippen molar-refractivity contribution in [2.45, 2.75) is 6.54 Å². The SMILES string of the molecule is COCCNC(=O)c1ccc(Nc2nc3ccc(-c4ccc(C(=O)NCc5ccc(F)cc5)cc4)cn3n2)c(OC)c1. The van der Waals surface area contributed by atoms with E-state index in [1.165, 1.54) is 19.2 Å². The maximum atomic E-state index is 13.1. The summed E-state index contributed by atoms with van der Waals surface area (Å²) in [7, 11) is 3.10. The molecule has 10 nitrogen and oxygen atoms in total. The Morgan fingerprint density at radius 1 is 0.857 bits per heavy atom. The fourth-order valence-corrected chi connectivity index (χ4v) is 4.23. The molecule has 2 amide bonds. The number of nitrogens with zero attached hydrogens (tertiary/aromatic N) is 3. The Balaban J connectivity index is 1.25. The van der Waals surface area contributed by atoms with Crippen LogP contribution < -0.4 is 20.7 Å². The number of halogens is 1. The molecule has 0 unspecified atom stereocenters. The molecule has 0 radical (unpaired) electrons. The van der Waals surface area contributed by atoms with Crippen LogP contribution >= 0.6 is 0 Å². The minimum absolute atomic E-state index is 0.219. The third-order valence-corrected chi connectivity index (χ3v) is 6.48. The molecule has 0 fully saturated rings. The smallest absolute Gasteiger partial charge is 0.251 e. The molecule has 214 valence electrons. The molecule has 3 aromatic carbocycles. The molecule has 0 aliphatic rings. The van der Waals surface area contributed by atoms with Crippen LogP contribution in [0.5, 0.6) is 5.75 Å². The molecule has 3 N–H and O–H groups in total. The second-order valence-electron chi connectivity index (χ2n) is 9.33. The third-order valence-electron chi connectivity index (χ3n) is 6.48. The number of aromatic nitrogens is 3.